The lowest BCUT2D eigenvalue weighted by Crippen LogP contribution is -2.34. The quantitative estimate of drug-likeness (QED) is 0.825. The van der Waals surface area contributed by atoms with Gasteiger partial charge >= 0.3 is 0 Å². The van der Waals surface area contributed by atoms with Crippen LogP contribution in [-0.2, 0) is 0 Å². The molecule has 1 saturated heterocycles. The van der Waals surface area contributed by atoms with Crippen LogP contribution in [0.25, 0.3) is 0 Å². The van der Waals surface area contributed by atoms with Crippen LogP contribution < -0.4 is 10.1 Å². The van der Waals surface area contributed by atoms with E-state index >= 15 is 0 Å². The molecule has 0 aliphatic carbocycles. The molecule has 16 heavy (non-hydrogen) atoms. The molecule has 0 aromatic heterocycles. The fraction of sp³-hybridized carbons (Fsp3) is 0.571. The second-order valence-electron chi connectivity index (χ2n) is 4.80. The van der Waals surface area contributed by atoms with Crippen LogP contribution in [0.15, 0.2) is 18.2 Å². The maximum atomic E-state index is 5.25. The lowest BCUT2D eigenvalue weighted by atomic mass is 9.81. The molecule has 1 heterocycles. The van der Waals surface area contributed by atoms with E-state index in [-0.39, 0.29) is 0 Å². The molecular formula is C14H21NO. The van der Waals surface area contributed by atoms with Gasteiger partial charge in [0.15, 0.2) is 0 Å². The standard InChI is InChI=1S/C14H21NO/c1-10-6-7-15-9-14(10)13-5-4-12(16-3)8-11(13)2/h4-5,8,10,14-15H,6-7,9H2,1-3H3. The summed E-state index contributed by atoms with van der Waals surface area (Å²) in [5, 5.41) is 3.49. The van der Waals surface area contributed by atoms with Gasteiger partial charge < -0.3 is 10.1 Å². The highest BCUT2D eigenvalue weighted by molar-refractivity contribution is 5.37. The van der Waals surface area contributed by atoms with E-state index in [1.807, 2.05) is 0 Å². The van der Waals surface area contributed by atoms with Crippen molar-refractivity contribution in [3.05, 3.63) is 29.3 Å². The van der Waals surface area contributed by atoms with Crippen molar-refractivity contribution in [2.75, 3.05) is 20.2 Å². The van der Waals surface area contributed by atoms with Gasteiger partial charge in [0, 0.05) is 6.54 Å². The van der Waals surface area contributed by atoms with Gasteiger partial charge in [0.05, 0.1) is 7.11 Å². The molecule has 0 bridgehead atoms. The monoisotopic (exact) mass is 219 g/mol. The van der Waals surface area contributed by atoms with Gasteiger partial charge in [-0.05, 0) is 55.0 Å². The van der Waals surface area contributed by atoms with Crippen molar-refractivity contribution < 1.29 is 4.74 Å². The molecule has 2 atom stereocenters. The average Bonchev–Trinajstić information content (AvgIpc) is 2.30. The zero-order valence-corrected chi connectivity index (χ0v) is 10.4. The molecule has 0 spiro atoms. The lowest BCUT2D eigenvalue weighted by Gasteiger charge is -2.31. The second kappa shape index (κ2) is 4.88. The molecule has 1 aromatic rings. The van der Waals surface area contributed by atoms with Crippen LogP contribution in [0.2, 0.25) is 0 Å². The van der Waals surface area contributed by atoms with Crippen molar-refractivity contribution in [1.82, 2.24) is 5.32 Å². The van der Waals surface area contributed by atoms with E-state index in [1.54, 1.807) is 7.11 Å². The van der Waals surface area contributed by atoms with Gasteiger partial charge in [-0.25, -0.2) is 0 Å². The number of hydrogen-bond acceptors (Lipinski definition) is 2. The van der Waals surface area contributed by atoms with E-state index in [2.05, 4.69) is 37.4 Å². The predicted molar refractivity (Wildman–Crippen MR) is 67.1 cm³/mol. The second-order valence-corrected chi connectivity index (χ2v) is 4.80. The van der Waals surface area contributed by atoms with E-state index in [0.29, 0.717) is 5.92 Å². The maximum absolute atomic E-state index is 5.25. The number of piperidine rings is 1. The highest BCUT2D eigenvalue weighted by atomic mass is 16.5. The first-order chi connectivity index (χ1) is 7.72. The van der Waals surface area contributed by atoms with E-state index in [0.717, 1.165) is 24.8 Å². The highest BCUT2D eigenvalue weighted by Gasteiger charge is 2.23. The van der Waals surface area contributed by atoms with Crippen LogP contribution in [0.1, 0.15) is 30.4 Å². The Kier molecular flexibility index (Phi) is 3.49. The molecular weight excluding hydrogens is 198 g/mol. The number of benzene rings is 1. The molecule has 1 aliphatic heterocycles. The Bertz CT molecular complexity index is 362. The third kappa shape index (κ3) is 2.22. The maximum Gasteiger partial charge on any atom is 0.119 e. The molecule has 2 unspecified atom stereocenters. The van der Waals surface area contributed by atoms with Gasteiger partial charge in [-0.2, -0.15) is 0 Å². The summed E-state index contributed by atoms with van der Waals surface area (Å²) >= 11 is 0. The Morgan fingerprint density at radius 1 is 1.38 bits per heavy atom. The van der Waals surface area contributed by atoms with E-state index in [9.17, 15) is 0 Å². The molecule has 0 saturated carbocycles. The van der Waals surface area contributed by atoms with Crippen molar-refractivity contribution in [3.63, 3.8) is 0 Å². The fourth-order valence-electron chi connectivity index (χ4n) is 2.60. The Labute approximate surface area is 98.0 Å². The van der Waals surface area contributed by atoms with Gasteiger partial charge in [0.1, 0.15) is 5.75 Å². The molecule has 1 fully saturated rings. The minimum absolute atomic E-state index is 0.652. The summed E-state index contributed by atoms with van der Waals surface area (Å²) in [7, 11) is 1.72. The molecule has 1 aliphatic rings. The van der Waals surface area contributed by atoms with E-state index in [4.69, 9.17) is 4.74 Å². The number of methoxy groups -OCH3 is 1. The van der Waals surface area contributed by atoms with Crippen LogP contribution in [0, 0.1) is 12.8 Å². The van der Waals surface area contributed by atoms with Crippen LogP contribution in [0.5, 0.6) is 5.75 Å². The minimum Gasteiger partial charge on any atom is -0.497 e. The van der Waals surface area contributed by atoms with Crippen LogP contribution in [0.4, 0.5) is 0 Å². The summed E-state index contributed by atoms with van der Waals surface area (Å²) in [6.45, 7) is 6.80. The van der Waals surface area contributed by atoms with E-state index in [1.165, 1.54) is 17.5 Å². The number of nitrogens with one attached hydrogen (secondary N) is 1. The minimum atomic E-state index is 0.652. The van der Waals surface area contributed by atoms with Gasteiger partial charge in [-0.1, -0.05) is 13.0 Å². The van der Waals surface area contributed by atoms with Crippen LogP contribution in [0.3, 0.4) is 0 Å². The third-order valence-electron chi connectivity index (χ3n) is 3.70. The number of ether oxygens (including phenoxy) is 1. The van der Waals surface area contributed by atoms with Crippen LogP contribution >= 0.6 is 0 Å². The number of aryl methyl sites for hydroxylation is 1. The first-order valence-corrected chi connectivity index (χ1v) is 6.07. The smallest absolute Gasteiger partial charge is 0.119 e. The highest BCUT2D eigenvalue weighted by Crippen LogP contribution is 2.32. The zero-order chi connectivity index (χ0) is 11.5. The average molecular weight is 219 g/mol. The molecule has 1 N–H and O–H groups in total. The first kappa shape index (κ1) is 11.5. The summed E-state index contributed by atoms with van der Waals surface area (Å²) in [6.07, 6.45) is 1.27. The first-order valence-electron chi connectivity index (χ1n) is 6.07. The summed E-state index contributed by atoms with van der Waals surface area (Å²) < 4.78 is 5.25. The molecule has 88 valence electrons. The van der Waals surface area contributed by atoms with Crippen molar-refractivity contribution in [2.24, 2.45) is 5.92 Å². The largest absolute Gasteiger partial charge is 0.497 e. The molecule has 2 rings (SSSR count). The lowest BCUT2D eigenvalue weighted by molar-refractivity contribution is 0.346. The van der Waals surface area contributed by atoms with Gasteiger partial charge in [-0.3, -0.25) is 0 Å². The summed E-state index contributed by atoms with van der Waals surface area (Å²) in [4.78, 5) is 0. The molecule has 2 nitrogen and oxygen atoms in total. The Morgan fingerprint density at radius 3 is 2.81 bits per heavy atom. The number of rotatable bonds is 2. The van der Waals surface area contributed by atoms with E-state index < -0.39 is 0 Å². The van der Waals surface area contributed by atoms with Crippen LogP contribution in [-0.4, -0.2) is 20.2 Å². The SMILES string of the molecule is COc1ccc(C2CNCCC2C)c(C)c1. The summed E-state index contributed by atoms with van der Waals surface area (Å²) in [5.74, 6) is 2.38. The Balaban J connectivity index is 2.25. The van der Waals surface area contributed by atoms with Crippen molar-refractivity contribution in [2.45, 2.75) is 26.2 Å². The van der Waals surface area contributed by atoms with Gasteiger partial charge in [-0.15, -0.1) is 0 Å². The normalized spacial score (nSPS) is 25.4. The predicted octanol–water partition coefficient (Wildman–Crippen LogP) is 2.72. The molecule has 0 amide bonds. The Hall–Kier alpha value is -1.02. The number of hydrogen-bond donors (Lipinski definition) is 1. The topological polar surface area (TPSA) is 21.3 Å². The Morgan fingerprint density at radius 2 is 2.19 bits per heavy atom. The molecule has 2 heteroatoms. The fourth-order valence-corrected chi connectivity index (χ4v) is 2.60. The zero-order valence-electron chi connectivity index (χ0n) is 10.4. The van der Waals surface area contributed by atoms with Gasteiger partial charge in [0.2, 0.25) is 0 Å². The van der Waals surface area contributed by atoms with Crippen molar-refractivity contribution in [3.8, 4) is 5.75 Å². The van der Waals surface area contributed by atoms with Crippen molar-refractivity contribution >= 4 is 0 Å². The third-order valence-corrected chi connectivity index (χ3v) is 3.70. The van der Waals surface area contributed by atoms with Crippen molar-refractivity contribution in [1.29, 1.82) is 0 Å². The van der Waals surface area contributed by atoms with Gasteiger partial charge in [0.25, 0.3) is 0 Å². The molecule has 1 aromatic carbocycles. The summed E-state index contributed by atoms with van der Waals surface area (Å²) in [6, 6.07) is 6.43. The summed E-state index contributed by atoms with van der Waals surface area (Å²) in [5.41, 5.74) is 2.82. The molecule has 0 radical (unpaired) electrons.